The second-order valence-electron chi connectivity index (χ2n) is 6.42. The lowest BCUT2D eigenvalue weighted by molar-refractivity contribution is -0.384. The molecule has 138 valence electrons. The van der Waals surface area contributed by atoms with E-state index >= 15 is 0 Å². The van der Waals surface area contributed by atoms with Crippen molar-refractivity contribution in [2.45, 2.75) is 19.3 Å². The first kappa shape index (κ1) is 17.1. The zero-order valence-electron chi connectivity index (χ0n) is 15.0. The van der Waals surface area contributed by atoms with E-state index in [2.05, 4.69) is 5.32 Å². The Labute approximate surface area is 156 Å². The van der Waals surface area contributed by atoms with Gasteiger partial charge < -0.3 is 10.1 Å². The molecule has 2 heterocycles. The average Bonchev–Trinajstić information content (AvgIpc) is 2.88. The van der Waals surface area contributed by atoms with Crippen LogP contribution >= 0.6 is 0 Å². The zero-order chi connectivity index (χ0) is 18.8. The van der Waals surface area contributed by atoms with Gasteiger partial charge in [-0.1, -0.05) is 24.3 Å². The Morgan fingerprint density at radius 1 is 1.15 bits per heavy atom. The molecule has 0 aliphatic carbocycles. The second kappa shape index (κ2) is 7.11. The van der Waals surface area contributed by atoms with Crippen LogP contribution in [-0.2, 0) is 6.42 Å². The van der Waals surface area contributed by atoms with Crippen LogP contribution in [0.2, 0.25) is 0 Å². The Balaban J connectivity index is 1.97. The van der Waals surface area contributed by atoms with Gasteiger partial charge in [0.05, 0.1) is 12.0 Å². The molecule has 1 N–H and O–H groups in total. The van der Waals surface area contributed by atoms with Crippen molar-refractivity contribution in [3.8, 4) is 22.7 Å². The van der Waals surface area contributed by atoms with Crippen LogP contribution in [0.3, 0.4) is 0 Å². The van der Waals surface area contributed by atoms with Gasteiger partial charge in [0.15, 0.2) is 0 Å². The number of ether oxygens (including phenoxy) is 1. The fourth-order valence-electron chi connectivity index (χ4n) is 3.53. The van der Waals surface area contributed by atoms with Crippen molar-refractivity contribution in [3.63, 3.8) is 0 Å². The highest BCUT2D eigenvalue weighted by molar-refractivity contribution is 5.76. The molecule has 27 heavy (non-hydrogen) atoms. The molecule has 0 fully saturated rings. The number of hydrogen-bond donors (Lipinski definition) is 1. The van der Waals surface area contributed by atoms with Crippen LogP contribution in [0.4, 0.5) is 11.5 Å². The number of nitro benzene ring substituents is 1. The van der Waals surface area contributed by atoms with Gasteiger partial charge in [0.1, 0.15) is 22.9 Å². The number of fused-ring (bicyclic) bond motifs is 1. The number of nitrogens with zero attached hydrogens (tertiary/aromatic N) is 3. The molecule has 1 aliphatic rings. The summed E-state index contributed by atoms with van der Waals surface area (Å²) in [7, 11) is 1.63. The number of benzene rings is 2. The molecule has 0 bridgehead atoms. The first-order valence-corrected chi connectivity index (χ1v) is 8.93. The third-order valence-electron chi connectivity index (χ3n) is 4.80. The highest BCUT2D eigenvalue weighted by Gasteiger charge is 2.26. The van der Waals surface area contributed by atoms with Gasteiger partial charge in [-0.05, 0) is 37.5 Å². The summed E-state index contributed by atoms with van der Waals surface area (Å²) >= 11 is 0. The summed E-state index contributed by atoms with van der Waals surface area (Å²) in [6.45, 7) is 0.810. The van der Waals surface area contributed by atoms with Crippen LogP contribution in [-0.4, -0.2) is 28.4 Å². The number of rotatable bonds is 4. The Morgan fingerprint density at radius 2 is 1.93 bits per heavy atom. The van der Waals surface area contributed by atoms with Gasteiger partial charge in [-0.3, -0.25) is 10.1 Å². The predicted molar refractivity (Wildman–Crippen MR) is 104 cm³/mol. The maximum Gasteiger partial charge on any atom is 0.294 e. The molecule has 0 unspecified atom stereocenters. The quantitative estimate of drug-likeness (QED) is 0.554. The van der Waals surface area contributed by atoms with Crippen molar-refractivity contribution in [2.75, 3.05) is 19.0 Å². The summed E-state index contributed by atoms with van der Waals surface area (Å²) < 4.78 is 7.19. The minimum absolute atomic E-state index is 0.0282. The van der Waals surface area contributed by atoms with E-state index in [1.807, 2.05) is 24.3 Å². The van der Waals surface area contributed by atoms with E-state index in [0.717, 1.165) is 54.2 Å². The smallest absolute Gasteiger partial charge is 0.294 e. The second-order valence-corrected chi connectivity index (χ2v) is 6.42. The Morgan fingerprint density at radius 3 is 2.74 bits per heavy atom. The van der Waals surface area contributed by atoms with Gasteiger partial charge in [0.25, 0.3) is 5.69 Å². The van der Waals surface area contributed by atoms with Crippen LogP contribution < -0.4 is 10.1 Å². The summed E-state index contributed by atoms with van der Waals surface area (Å²) in [6.07, 6.45) is 2.93. The lowest BCUT2D eigenvalue weighted by atomic mass is 10.0. The topological polar surface area (TPSA) is 82.2 Å². The summed E-state index contributed by atoms with van der Waals surface area (Å²) in [6, 6.07) is 14.4. The highest BCUT2D eigenvalue weighted by Crippen LogP contribution is 2.39. The van der Waals surface area contributed by atoms with E-state index < -0.39 is 0 Å². The molecular formula is C20H20N4O3. The number of hydrogen-bond acceptors (Lipinski definition) is 5. The van der Waals surface area contributed by atoms with Crippen molar-refractivity contribution in [1.29, 1.82) is 0 Å². The first-order chi connectivity index (χ1) is 13.2. The fraction of sp³-hybridized carbons (Fsp3) is 0.250. The molecule has 1 aromatic heterocycles. The van der Waals surface area contributed by atoms with Crippen molar-refractivity contribution < 1.29 is 9.66 Å². The average molecular weight is 364 g/mol. The summed E-state index contributed by atoms with van der Waals surface area (Å²) in [5, 5.41) is 19.8. The zero-order valence-corrected chi connectivity index (χ0v) is 15.0. The van der Waals surface area contributed by atoms with E-state index in [4.69, 9.17) is 9.84 Å². The van der Waals surface area contributed by atoms with Crippen LogP contribution in [0.1, 0.15) is 18.4 Å². The molecule has 3 aromatic rings. The molecule has 2 aromatic carbocycles. The molecule has 0 atom stereocenters. The maximum atomic E-state index is 11.5. The number of methoxy groups -OCH3 is 1. The molecule has 0 saturated heterocycles. The lowest BCUT2D eigenvalue weighted by Gasteiger charge is -2.09. The molecule has 0 saturated carbocycles. The van der Waals surface area contributed by atoms with E-state index in [-0.39, 0.29) is 10.6 Å². The SMILES string of the molecule is COc1ccccc1-c1nn(-c2ccccc2[N+](=O)[O-])c2c1CCCCN2. The molecule has 7 heteroatoms. The molecule has 7 nitrogen and oxygen atoms in total. The normalized spacial score (nSPS) is 13.4. The fourth-order valence-corrected chi connectivity index (χ4v) is 3.53. The van der Waals surface area contributed by atoms with Crippen LogP contribution in [0.25, 0.3) is 16.9 Å². The Bertz CT molecular complexity index is 997. The monoisotopic (exact) mass is 364 g/mol. The predicted octanol–water partition coefficient (Wildman–Crippen LogP) is 4.20. The number of para-hydroxylation sites is 3. The van der Waals surface area contributed by atoms with Crippen LogP contribution in [0, 0.1) is 10.1 Å². The molecule has 0 amide bonds. The van der Waals surface area contributed by atoms with E-state index in [1.165, 1.54) is 6.07 Å². The first-order valence-electron chi connectivity index (χ1n) is 8.93. The largest absolute Gasteiger partial charge is 0.496 e. The van der Waals surface area contributed by atoms with Gasteiger partial charge in [-0.2, -0.15) is 5.10 Å². The van der Waals surface area contributed by atoms with Crippen molar-refractivity contribution in [1.82, 2.24) is 9.78 Å². The van der Waals surface area contributed by atoms with Crippen molar-refractivity contribution in [2.24, 2.45) is 0 Å². The number of nitrogens with one attached hydrogen (secondary N) is 1. The van der Waals surface area contributed by atoms with Gasteiger partial charge in [-0.15, -0.1) is 0 Å². The molecule has 4 rings (SSSR count). The minimum Gasteiger partial charge on any atom is -0.496 e. The van der Waals surface area contributed by atoms with Crippen molar-refractivity contribution >= 4 is 11.5 Å². The standard InChI is InChI=1S/C20H20N4O3/c1-27-18-12-5-2-8-14(18)19-15-9-6-7-13-21-20(15)23(22-19)16-10-3-4-11-17(16)24(25)26/h2-5,8,10-12,21H,6-7,9,13H2,1H3. The third kappa shape index (κ3) is 3.01. The Kier molecular flexibility index (Phi) is 4.50. The molecule has 0 spiro atoms. The highest BCUT2D eigenvalue weighted by atomic mass is 16.6. The van der Waals surface area contributed by atoms with Crippen LogP contribution in [0.15, 0.2) is 48.5 Å². The van der Waals surface area contributed by atoms with E-state index in [0.29, 0.717) is 5.69 Å². The number of aromatic nitrogens is 2. The Hall–Kier alpha value is -3.35. The van der Waals surface area contributed by atoms with Gasteiger partial charge >= 0.3 is 0 Å². The van der Waals surface area contributed by atoms with Gasteiger partial charge in [0, 0.05) is 23.7 Å². The van der Waals surface area contributed by atoms with Crippen LogP contribution in [0.5, 0.6) is 5.75 Å². The summed E-state index contributed by atoms with van der Waals surface area (Å²) in [5.41, 5.74) is 3.23. The van der Waals surface area contributed by atoms with Crippen molar-refractivity contribution in [3.05, 3.63) is 64.2 Å². The number of nitro groups is 1. The van der Waals surface area contributed by atoms with E-state index in [1.54, 1.807) is 30.0 Å². The van der Waals surface area contributed by atoms with Gasteiger partial charge in [0.2, 0.25) is 0 Å². The number of anilines is 1. The lowest BCUT2D eigenvalue weighted by Crippen LogP contribution is -2.08. The molecular weight excluding hydrogens is 344 g/mol. The van der Waals surface area contributed by atoms with E-state index in [9.17, 15) is 10.1 Å². The van der Waals surface area contributed by atoms with Gasteiger partial charge in [-0.25, -0.2) is 4.68 Å². The summed E-state index contributed by atoms with van der Waals surface area (Å²) in [5.74, 6) is 1.56. The molecule has 0 radical (unpaired) electrons. The summed E-state index contributed by atoms with van der Waals surface area (Å²) in [4.78, 5) is 11.2. The maximum absolute atomic E-state index is 11.5. The molecule has 1 aliphatic heterocycles. The minimum atomic E-state index is -0.372. The third-order valence-corrected chi connectivity index (χ3v) is 4.80.